The normalized spacial score (nSPS) is 16.2. The van der Waals surface area contributed by atoms with E-state index < -0.39 is 0 Å². The van der Waals surface area contributed by atoms with Gasteiger partial charge in [-0.25, -0.2) is 4.40 Å². The average Bonchev–Trinajstić information content (AvgIpc) is 2.63. The lowest BCUT2D eigenvalue weighted by molar-refractivity contribution is -0.111. The van der Waals surface area contributed by atoms with Crippen LogP contribution in [0.15, 0.2) is 84.8 Å². The maximum Gasteiger partial charge on any atom is 0.195 e. The molecule has 2 aromatic rings. The van der Waals surface area contributed by atoms with E-state index in [4.69, 9.17) is 23.2 Å². The van der Waals surface area contributed by atoms with Crippen LogP contribution >= 0.6 is 46.9 Å². The third kappa shape index (κ3) is 4.63. The molecule has 1 aliphatic carbocycles. The summed E-state index contributed by atoms with van der Waals surface area (Å²) in [4.78, 5) is 15.3. The summed E-state index contributed by atoms with van der Waals surface area (Å²) in [5, 5.41) is 1.37. The lowest BCUT2D eigenvalue weighted by atomic mass is 9.98. The van der Waals surface area contributed by atoms with Crippen LogP contribution in [0.2, 0.25) is 10.0 Å². The van der Waals surface area contributed by atoms with E-state index >= 15 is 0 Å². The predicted octanol–water partition coefficient (Wildman–Crippen LogP) is 7.04. The van der Waals surface area contributed by atoms with Gasteiger partial charge >= 0.3 is 0 Å². The Kier molecular flexibility index (Phi) is 6.30. The fourth-order valence-electron chi connectivity index (χ4n) is 2.28. The summed E-state index contributed by atoms with van der Waals surface area (Å²) in [6, 6.07) is 15.0. The van der Waals surface area contributed by atoms with Gasteiger partial charge in [-0.1, -0.05) is 35.0 Å². The lowest BCUT2D eigenvalue weighted by Gasteiger charge is -2.17. The molecule has 0 saturated carbocycles. The first-order valence-electron chi connectivity index (χ1n) is 7.82. The van der Waals surface area contributed by atoms with Gasteiger partial charge in [0.25, 0.3) is 0 Å². The van der Waals surface area contributed by atoms with Crippen molar-refractivity contribution >= 4 is 58.4 Å². The van der Waals surface area contributed by atoms with E-state index in [2.05, 4.69) is 4.40 Å². The van der Waals surface area contributed by atoms with Gasteiger partial charge in [0.05, 0.1) is 10.6 Å². The molecule has 0 heterocycles. The van der Waals surface area contributed by atoms with Crippen LogP contribution < -0.4 is 0 Å². The molecular weight excluding hydrogens is 405 g/mol. The topological polar surface area (TPSA) is 29.4 Å². The molecule has 6 heteroatoms. The summed E-state index contributed by atoms with van der Waals surface area (Å²) in [5.41, 5.74) is 2.36. The first kappa shape index (κ1) is 19.3. The van der Waals surface area contributed by atoms with Gasteiger partial charge < -0.3 is 0 Å². The molecule has 0 N–H and O–H groups in total. The summed E-state index contributed by atoms with van der Waals surface area (Å²) in [5.74, 6) is 0.0397. The van der Waals surface area contributed by atoms with Gasteiger partial charge in [-0.3, -0.25) is 4.79 Å². The van der Waals surface area contributed by atoms with Crippen LogP contribution in [-0.2, 0) is 4.79 Å². The zero-order valence-electron chi connectivity index (χ0n) is 14.1. The van der Waals surface area contributed by atoms with Crippen LogP contribution in [0.1, 0.15) is 13.8 Å². The van der Waals surface area contributed by atoms with Crippen molar-refractivity contribution < 1.29 is 4.79 Å². The van der Waals surface area contributed by atoms with Crippen LogP contribution in [0.4, 0.5) is 0 Å². The third-order valence-electron chi connectivity index (χ3n) is 3.74. The second-order valence-electron chi connectivity index (χ2n) is 5.69. The number of benzene rings is 2. The summed E-state index contributed by atoms with van der Waals surface area (Å²) < 4.78 is 4.62. The summed E-state index contributed by atoms with van der Waals surface area (Å²) in [6.07, 6.45) is 1.84. The molecule has 0 fully saturated rings. The third-order valence-corrected chi connectivity index (χ3v) is 6.22. The smallest absolute Gasteiger partial charge is 0.195 e. The predicted molar refractivity (Wildman–Crippen MR) is 114 cm³/mol. The Morgan fingerprint density at radius 2 is 1.38 bits per heavy atom. The van der Waals surface area contributed by atoms with Crippen molar-refractivity contribution in [3.05, 3.63) is 80.7 Å². The molecule has 0 unspecified atom stereocenters. The minimum Gasteiger partial charge on any atom is -0.288 e. The second-order valence-corrected chi connectivity index (χ2v) is 8.48. The quantitative estimate of drug-likeness (QED) is 0.393. The minimum atomic E-state index is 0.0397. The van der Waals surface area contributed by atoms with Crippen molar-refractivity contribution in [1.29, 1.82) is 0 Å². The number of nitrogens with zero attached hydrogens (tertiary/aromatic N) is 1. The molecular formula is C20H15Cl2NOS2. The molecule has 0 aliphatic heterocycles. The molecule has 0 radical (unpaired) electrons. The monoisotopic (exact) mass is 419 g/mol. The summed E-state index contributed by atoms with van der Waals surface area (Å²) in [6.45, 7) is 3.75. The number of thioether (sulfide) groups is 1. The fraction of sp³-hybridized carbons (Fsp3) is 0.100. The van der Waals surface area contributed by atoms with Crippen LogP contribution in [-0.4, -0.2) is 11.5 Å². The van der Waals surface area contributed by atoms with E-state index in [9.17, 15) is 4.79 Å². The van der Waals surface area contributed by atoms with Crippen LogP contribution in [0, 0.1) is 0 Å². The van der Waals surface area contributed by atoms with E-state index in [1.54, 1.807) is 0 Å². The van der Waals surface area contributed by atoms with Crippen LogP contribution in [0.3, 0.4) is 0 Å². The number of rotatable bonds is 4. The number of carbonyl (C=O) groups excluding carboxylic acids is 1. The van der Waals surface area contributed by atoms with Gasteiger partial charge in [0.2, 0.25) is 0 Å². The SMILES string of the molecule is CC1=CC(=NSc2ccc(Cl)cc2)C(C)=C(Sc2ccc(Cl)cc2)C1=O. The highest BCUT2D eigenvalue weighted by Crippen LogP contribution is 2.35. The molecule has 0 amide bonds. The van der Waals surface area contributed by atoms with Gasteiger partial charge in [0, 0.05) is 31.8 Å². The molecule has 2 aromatic carbocycles. The zero-order valence-corrected chi connectivity index (χ0v) is 17.3. The standard InChI is InChI=1S/C20H15Cl2NOS2/c1-12-11-18(23-26-17-9-5-15(22)6-10-17)13(2)20(19(12)24)25-16-7-3-14(21)4-8-16/h3-11H,1-2H3. The molecule has 0 bridgehead atoms. The highest BCUT2D eigenvalue weighted by molar-refractivity contribution is 8.04. The Hall–Kier alpha value is -1.46. The molecule has 1 aliphatic rings. The van der Waals surface area contributed by atoms with Crippen molar-refractivity contribution in [2.45, 2.75) is 23.6 Å². The molecule has 26 heavy (non-hydrogen) atoms. The van der Waals surface area contributed by atoms with Crippen molar-refractivity contribution in [2.75, 3.05) is 0 Å². The number of hydrogen-bond donors (Lipinski definition) is 0. The number of hydrogen-bond acceptors (Lipinski definition) is 4. The van der Waals surface area contributed by atoms with Gasteiger partial charge in [-0.2, -0.15) is 0 Å². The van der Waals surface area contributed by atoms with E-state index in [1.807, 2.05) is 68.5 Å². The fourth-order valence-corrected chi connectivity index (χ4v) is 4.20. The van der Waals surface area contributed by atoms with Gasteiger partial charge in [-0.05, 0) is 79.6 Å². The molecule has 0 spiro atoms. The highest BCUT2D eigenvalue weighted by atomic mass is 35.5. The molecule has 0 saturated heterocycles. The number of allylic oxidation sites excluding steroid dienone is 4. The summed E-state index contributed by atoms with van der Waals surface area (Å²) in [7, 11) is 0. The maximum absolute atomic E-state index is 12.6. The van der Waals surface area contributed by atoms with E-state index in [0.29, 0.717) is 20.5 Å². The van der Waals surface area contributed by atoms with Gasteiger partial charge in [-0.15, -0.1) is 0 Å². The van der Waals surface area contributed by atoms with E-state index in [1.165, 1.54) is 23.7 Å². The Bertz CT molecular complexity index is 929. The number of carbonyl (C=O) groups is 1. The Labute approximate surface area is 171 Å². The van der Waals surface area contributed by atoms with Gasteiger partial charge in [0.15, 0.2) is 5.78 Å². The van der Waals surface area contributed by atoms with Crippen molar-refractivity contribution in [3.8, 4) is 0 Å². The second kappa shape index (κ2) is 8.49. The number of halogens is 2. The van der Waals surface area contributed by atoms with Crippen LogP contribution in [0.5, 0.6) is 0 Å². The minimum absolute atomic E-state index is 0.0397. The van der Waals surface area contributed by atoms with Crippen molar-refractivity contribution in [2.24, 2.45) is 4.40 Å². The Balaban J connectivity index is 1.88. The maximum atomic E-state index is 12.6. The molecule has 0 aromatic heterocycles. The molecule has 2 nitrogen and oxygen atoms in total. The van der Waals surface area contributed by atoms with Gasteiger partial charge in [0.1, 0.15) is 0 Å². The largest absolute Gasteiger partial charge is 0.288 e. The van der Waals surface area contributed by atoms with Crippen molar-refractivity contribution in [1.82, 2.24) is 0 Å². The zero-order chi connectivity index (χ0) is 18.7. The molecule has 3 rings (SSSR count). The Morgan fingerprint density at radius 1 is 0.846 bits per heavy atom. The lowest BCUT2D eigenvalue weighted by Crippen LogP contribution is -2.15. The summed E-state index contributed by atoms with van der Waals surface area (Å²) >= 11 is 14.7. The average molecular weight is 420 g/mol. The number of Topliss-reactive ketones (excluding diaryl/α,β-unsaturated/α-hetero) is 1. The highest BCUT2D eigenvalue weighted by Gasteiger charge is 2.23. The molecule has 132 valence electrons. The first-order valence-corrected chi connectivity index (χ1v) is 10.2. The van der Waals surface area contributed by atoms with Crippen molar-refractivity contribution in [3.63, 3.8) is 0 Å². The van der Waals surface area contributed by atoms with E-state index in [0.717, 1.165) is 21.1 Å². The first-order chi connectivity index (χ1) is 12.4. The van der Waals surface area contributed by atoms with E-state index in [-0.39, 0.29) is 5.78 Å². The van der Waals surface area contributed by atoms with Crippen LogP contribution in [0.25, 0.3) is 0 Å². The number of ketones is 1. The Morgan fingerprint density at radius 3 is 1.96 bits per heavy atom. The molecule has 0 atom stereocenters.